The Morgan fingerprint density at radius 2 is 1.83 bits per heavy atom. The molecule has 0 radical (unpaired) electrons. The molecule has 0 atom stereocenters. The van der Waals surface area contributed by atoms with Crippen molar-refractivity contribution in [3.05, 3.63) is 76.4 Å². The third-order valence-electron chi connectivity index (χ3n) is 3.82. The normalized spacial score (nSPS) is 11.1. The maximum atomic E-state index is 12.4. The predicted octanol–water partition coefficient (Wildman–Crippen LogP) is 2.01. The number of hydrogen-bond donors (Lipinski definition) is 3. The molecule has 0 fully saturated rings. The third kappa shape index (κ3) is 5.00. The average molecular weight is 415 g/mol. The van der Waals surface area contributed by atoms with E-state index in [1.54, 1.807) is 36.7 Å². The lowest BCUT2D eigenvalue weighted by Crippen LogP contribution is -2.30. The highest BCUT2D eigenvalue weighted by Gasteiger charge is 2.24. The quantitative estimate of drug-likeness (QED) is 0.370. The number of nitrogens with one attached hydrogen (secondary N) is 3. The van der Waals surface area contributed by atoms with E-state index in [2.05, 4.69) is 30.5 Å². The van der Waals surface area contributed by atoms with Crippen molar-refractivity contribution in [2.75, 3.05) is 10.7 Å². The highest BCUT2D eigenvalue weighted by molar-refractivity contribution is 7.89. The van der Waals surface area contributed by atoms with Gasteiger partial charge < -0.3 is 5.32 Å². The third-order valence-corrected chi connectivity index (χ3v) is 5.09. The molecule has 11 nitrogen and oxygen atoms in total. The molecule has 12 heteroatoms. The van der Waals surface area contributed by atoms with E-state index in [1.165, 1.54) is 12.1 Å². The van der Waals surface area contributed by atoms with Crippen LogP contribution in [0.5, 0.6) is 0 Å². The summed E-state index contributed by atoms with van der Waals surface area (Å²) in [6.07, 6.45) is 4.30. The van der Waals surface area contributed by atoms with Gasteiger partial charge in [-0.25, -0.2) is 18.4 Å². The minimum absolute atomic E-state index is 0.00207. The fourth-order valence-electron chi connectivity index (χ4n) is 2.35. The van der Waals surface area contributed by atoms with E-state index < -0.39 is 20.6 Å². The molecular weight excluding hydrogens is 398 g/mol. The summed E-state index contributed by atoms with van der Waals surface area (Å²) in [5.41, 5.74) is 3.49. The fraction of sp³-hybridized carbons (Fsp3) is 0.118. The molecule has 0 saturated heterocycles. The Hall–Kier alpha value is -3.64. The molecule has 2 aromatic heterocycles. The summed E-state index contributed by atoms with van der Waals surface area (Å²) in [5, 5.41) is 14.4. The van der Waals surface area contributed by atoms with E-state index >= 15 is 0 Å². The van der Waals surface area contributed by atoms with Crippen LogP contribution in [-0.4, -0.2) is 28.3 Å². The van der Waals surface area contributed by atoms with E-state index in [0.717, 1.165) is 17.5 Å². The van der Waals surface area contributed by atoms with Crippen molar-refractivity contribution >= 4 is 27.3 Å². The van der Waals surface area contributed by atoms with Gasteiger partial charge in [-0.2, -0.15) is 0 Å². The summed E-state index contributed by atoms with van der Waals surface area (Å²) in [6.45, 7) is 2.06. The smallest absolute Gasteiger partial charge is 0.354 e. The second-order valence-corrected chi connectivity index (χ2v) is 7.62. The second kappa shape index (κ2) is 8.58. The van der Waals surface area contributed by atoms with Gasteiger partial charge in [-0.3, -0.25) is 20.5 Å². The van der Waals surface area contributed by atoms with E-state index in [0.29, 0.717) is 0 Å². The molecule has 2 heterocycles. The van der Waals surface area contributed by atoms with Crippen molar-refractivity contribution in [1.29, 1.82) is 0 Å². The van der Waals surface area contributed by atoms with Crippen LogP contribution in [-0.2, 0) is 16.6 Å². The lowest BCUT2D eigenvalue weighted by atomic mass is 10.2. The first-order valence-corrected chi connectivity index (χ1v) is 9.82. The minimum atomic E-state index is -3.96. The van der Waals surface area contributed by atoms with Crippen LogP contribution in [0.2, 0.25) is 0 Å². The van der Waals surface area contributed by atoms with Gasteiger partial charge in [0.1, 0.15) is 6.33 Å². The van der Waals surface area contributed by atoms with Crippen LogP contribution in [0.15, 0.2) is 60.0 Å². The van der Waals surface area contributed by atoms with Crippen LogP contribution in [0.4, 0.5) is 17.3 Å². The van der Waals surface area contributed by atoms with Crippen LogP contribution < -0.4 is 15.6 Å². The zero-order chi connectivity index (χ0) is 20.9. The Morgan fingerprint density at radius 3 is 2.48 bits per heavy atom. The number of pyridine rings is 1. The van der Waals surface area contributed by atoms with Gasteiger partial charge in [-0.1, -0.05) is 23.8 Å². The summed E-state index contributed by atoms with van der Waals surface area (Å²) < 4.78 is 24.8. The van der Waals surface area contributed by atoms with E-state index in [-0.39, 0.29) is 23.1 Å². The predicted molar refractivity (Wildman–Crippen MR) is 105 cm³/mol. The van der Waals surface area contributed by atoms with E-state index in [4.69, 9.17) is 0 Å². The molecular formula is C17H17N7O4S. The summed E-state index contributed by atoms with van der Waals surface area (Å²) in [5.74, 6) is -0.361. The number of hydrogen-bond acceptors (Lipinski definition) is 9. The van der Waals surface area contributed by atoms with Crippen LogP contribution in [0.3, 0.4) is 0 Å². The van der Waals surface area contributed by atoms with Crippen molar-refractivity contribution in [3.8, 4) is 0 Å². The van der Waals surface area contributed by atoms with Gasteiger partial charge >= 0.3 is 5.69 Å². The van der Waals surface area contributed by atoms with Crippen molar-refractivity contribution < 1.29 is 13.3 Å². The molecule has 0 aliphatic carbocycles. The number of sulfonamides is 1. The Morgan fingerprint density at radius 1 is 1.10 bits per heavy atom. The number of aromatic nitrogens is 3. The van der Waals surface area contributed by atoms with Gasteiger partial charge in [-0.05, 0) is 30.7 Å². The number of nitrogens with zero attached hydrogens (tertiary/aromatic N) is 4. The summed E-state index contributed by atoms with van der Waals surface area (Å²) in [6, 6.07) is 9.66. The van der Waals surface area contributed by atoms with Crippen LogP contribution >= 0.6 is 0 Å². The number of aryl methyl sites for hydroxylation is 1. The molecule has 0 aliphatic rings. The first-order chi connectivity index (χ1) is 13.9. The van der Waals surface area contributed by atoms with Crippen LogP contribution in [0, 0.1) is 17.0 Å². The number of hydrazine groups is 1. The first-order valence-electron chi connectivity index (χ1n) is 8.33. The fourth-order valence-corrected chi connectivity index (χ4v) is 3.20. The molecule has 3 N–H and O–H groups in total. The number of anilines is 2. The molecule has 1 aromatic carbocycles. The van der Waals surface area contributed by atoms with Crippen molar-refractivity contribution in [2.24, 2.45) is 0 Å². The van der Waals surface area contributed by atoms with Crippen molar-refractivity contribution in [3.63, 3.8) is 0 Å². The van der Waals surface area contributed by atoms with Gasteiger partial charge in [0, 0.05) is 18.9 Å². The zero-order valence-electron chi connectivity index (χ0n) is 15.2. The molecule has 0 bridgehead atoms. The highest BCUT2D eigenvalue weighted by Crippen LogP contribution is 2.28. The molecule has 0 aliphatic heterocycles. The summed E-state index contributed by atoms with van der Waals surface area (Å²) in [7, 11) is -3.96. The Labute approximate surface area is 166 Å². The standard InChI is InChI=1S/C17H17N7O4S/c1-12-4-6-14(7-5-12)29(27,28)23-22-17-15(24(25)26)16(20-11-21-17)19-10-13-3-2-8-18-9-13/h2-9,11,23H,10H2,1H3,(H2,19,20,21,22). The van der Waals surface area contributed by atoms with Gasteiger partial charge in [0.05, 0.1) is 9.82 Å². The monoisotopic (exact) mass is 415 g/mol. The highest BCUT2D eigenvalue weighted by atomic mass is 32.2. The lowest BCUT2D eigenvalue weighted by molar-refractivity contribution is -0.383. The molecule has 0 spiro atoms. The van der Waals surface area contributed by atoms with Crippen molar-refractivity contribution in [1.82, 2.24) is 19.8 Å². The number of nitro groups is 1. The maximum absolute atomic E-state index is 12.4. The molecule has 0 saturated carbocycles. The van der Waals surface area contributed by atoms with Gasteiger partial charge in [0.25, 0.3) is 10.0 Å². The van der Waals surface area contributed by atoms with Gasteiger partial charge in [-0.15, -0.1) is 4.83 Å². The molecule has 3 rings (SSSR count). The Bertz CT molecular complexity index is 1110. The minimum Gasteiger partial charge on any atom is -0.360 e. The zero-order valence-corrected chi connectivity index (χ0v) is 16.0. The van der Waals surface area contributed by atoms with E-state index in [1.807, 2.05) is 6.92 Å². The Kier molecular flexibility index (Phi) is 5.95. The van der Waals surface area contributed by atoms with Crippen LogP contribution in [0.25, 0.3) is 0 Å². The van der Waals surface area contributed by atoms with Crippen molar-refractivity contribution in [2.45, 2.75) is 18.4 Å². The topological polar surface area (TPSA) is 152 Å². The maximum Gasteiger partial charge on any atom is 0.354 e. The van der Waals surface area contributed by atoms with Gasteiger partial charge in [0.2, 0.25) is 11.6 Å². The van der Waals surface area contributed by atoms with Crippen LogP contribution in [0.1, 0.15) is 11.1 Å². The number of rotatable bonds is 8. The molecule has 0 unspecified atom stereocenters. The molecule has 29 heavy (non-hydrogen) atoms. The molecule has 0 amide bonds. The molecule has 3 aromatic rings. The number of benzene rings is 1. The largest absolute Gasteiger partial charge is 0.360 e. The summed E-state index contributed by atoms with van der Waals surface area (Å²) in [4.78, 5) is 24.6. The molecule has 150 valence electrons. The first kappa shape index (κ1) is 20.1. The summed E-state index contributed by atoms with van der Waals surface area (Å²) >= 11 is 0. The SMILES string of the molecule is Cc1ccc(S(=O)(=O)NNc2ncnc(NCc3cccnc3)c2[N+](=O)[O-])cc1. The average Bonchev–Trinajstić information content (AvgIpc) is 2.71. The van der Waals surface area contributed by atoms with Gasteiger partial charge in [0.15, 0.2) is 0 Å². The van der Waals surface area contributed by atoms with E-state index in [9.17, 15) is 18.5 Å². The Balaban J connectivity index is 1.80. The second-order valence-electron chi connectivity index (χ2n) is 5.93. The lowest BCUT2D eigenvalue weighted by Gasteiger charge is -2.11.